The summed E-state index contributed by atoms with van der Waals surface area (Å²) >= 11 is 1.12. The van der Waals surface area contributed by atoms with Crippen molar-refractivity contribution in [2.24, 2.45) is 0 Å². The number of benzene rings is 1. The molecule has 0 spiro atoms. The quantitative estimate of drug-likeness (QED) is 0.728. The number of aryl methyl sites for hydroxylation is 2. The second kappa shape index (κ2) is 6.83. The fourth-order valence-electron chi connectivity index (χ4n) is 2.58. The number of hydrogen-bond donors (Lipinski definition) is 2. The summed E-state index contributed by atoms with van der Waals surface area (Å²) in [5, 5.41) is 11.4. The van der Waals surface area contributed by atoms with E-state index in [1.54, 1.807) is 0 Å². The van der Waals surface area contributed by atoms with Crippen molar-refractivity contribution in [3.8, 4) is 5.75 Å². The highest BCUT2D eigenvalue weighted by atomic mass is 32.1. The van der Waals surface area contributed by atoms with Gasteiger partial charge in [0.1, 0.15) is 9.71 Å². The Hall–Kier alpha value is -2.81. The lowest BCUT2D eigenvalue weighted by Gasteiger charge is -2.08. The number of rotatable bonds is 4. The number of fused-ring (bicyclic) bond motifs is 1. The van der Waals surface area contributed by atoms with Crippen molar-refractivity contribution in [1.29, 1.82) is 0 Å². The van der Waals surface area contributed by atoms with E-state index < -0.39 is 23.3 Å². The molecule has 0 atom stereocenters. The van der Waals surface area contributed by atoms with E-state index in [2.05, 4.69) is 20.3 Å². The van der Waals surface area contributed by atoms with Crippen molar-refractivity contribution in [2.45, 2.75) is 20.4 Å². The molecular weight excluding hydrogens is 362 g/mol. The molecule has 0 aliphatic carbocycles. The summed E-state index contributed by atoms with van der Waals surface area (Å²) in [6, 6.07) is 2.21. The van der Waals surface area contributed by atoms with Gasteiger partial charge in [0.15, 0.2) is 17.4 Å². The van der Waals surface area contributed by atoms with Crippen LogP contribution in [0.2, 0.25) is 0 Å². The van der Waals surface area contributed by atoms with Crippen LogP contribution in [0.25, 0.3) is 10.2 Å². The smallest absolute Gasteiger partial charge is 0.263 e. The highest BCUT2D eigenvalue weighted by Crippen LogP contribution is 2.34. The van der Waals surface area contributed by atoms with E-state index in [-0.39, 0.29) is 17.0 Å². The zero-order valence-electron chi connectivity index (χ0n) is 14.3. The van der Waals surface area contributed by atoms with Crippen molar-refractivity contribution in [3.05, 3.63) is 45.5 Å². The number of ether oxygens (including phenoxy) is 1. The second-order valence-corrected chi connectivity index (χ2v) is 6.71. The van der Waals surface area contributed by atoms with Gasteiger partial charge in [-0.05, 0) is 37.1 Å². The summed E-state index contributed by atoms with van der Waals surface area (Å²) in [7, 11) is 1.18. The minimum Gasteiger partial charge on any atom is -0.491 e. The van der Waals surface area contributed by atoms with E-state index in [0.29, 0.717) is 15.9 Å². The number of amides is 1. The first-order valence-electron chi connectivity index (χ1n) is 7.65. The first kappa shape index (κ1) is 18.0. The molecule has 0 aliphatic rings. The van der Waals surface area contributed by atoms with Gasteiger partial charge in [-0.2, -0.15) is 5.10 Å². The Morgan fingerprint density at radius 3 is 2.54 bits per heavy atom. The standard InChI is InChI=1S/C17H16F2N4O2S/c1-7-8(2)22-23-17-12(7)13(20)15(26-17)16(24)21-6-9-4-10(18)14(25-3)11(19)5-9/h4-5H,6,20H2,1-3H3,(H,21,24). The number of hydrogen-bond acceptors (Lipinski definition) is 6. The van der Waals surface area contributed by atoms with Crippen LogP contribution in [-0.2, 0) is 6.54 Å². The van der Waals surface area contributed by atoms with E-state index in [0.717, 1.165) is 34.7 Å². The van der Waals surface area contributed by atoms with E-state index in [1.165, 1.54) is 7.11 Å². The summed E-state index contributed by atoms with van der Waals surface area (Å²) < 4.78 is 32.1. The van der Waals surface area contributed by atoms with Crippen LogP contribution in [0.15, 0.2) is 12.1 Å². The van der Waals surface area contributed by atoms with Crippen molar-refractivity contribution < 1.29 is 18.3 Å². The maximum absolute atomic E-state index is 13.7. The van der Waals surface area contributed by atoms with Gasteiger partial charge in [-0.1, -0.05) is 0 Å². The molecule has 0 unspecified atom stereocenters. The highest BCUT2D eigenvalue weighted by molar-refractivity contribution is 7.21. The third-order valence-electron chi connectivity index (χ3n) is 4.06. The molecule has 3 N–H and O–H groups in total. The highest BCUT2D eigenvalue weighted by Gasteiger charge is 2.20. The molecule has 0 saturated heterocycles. The van der Waals surface area contributed by atoms with Crippen LogP contribution in [0, 0.1) is 25.5 Å². The van der Waals surface area contributed by atoms with E-state index >= 15 is 0 Å². The molecule has 0 fully saturated rings. The number of nitrogens with one attached hydrogen (secondary N) is 1. The molecule has 2 aromatic heterocycles. The van der Waals surface area contributed by atoms with Gasteiger partial charge in [0.2, 0.25) is 0 Å². The van der Waals surface area contributed by atoms with Gasteiger partial charge in [0.25, 0.3) is 5.91 Å². The SMILES string of the molecule is COc1c(F)cc(CNC(=O)c2sc3nnc(C)c(C)c3c2N)cc1F. The molecule has 1 amide bonds. The molecule has 136 valence electrons. The van der Waals surface area contributed by atoms with Crippen molar-refractivity contribution in [2.75, 3.05) is 12.8 Å². The number of halogens is 2. The lowest BCUT2D eigenvalue weighted by Crippen LogP contribution is -2.22. The third kappa shape index (κ3) is 3.05. The Labute approximate surface area is 152 Å². The normalized spacial score (nSPS) is 11.0. The van der Waals surface area contributed by atoms with E-state index in [1.807, 2.05) is 13.8 Å². The average molecular weight is 378 g/mol. The summed E-state index contributed by atoms with van der Waals surface area (Å²) in [4.78, 5) is 13.3. The Bertz CT molecular complexity index is 997. The van der Waals surface area contributed by atoms with Gasteiger partial charge < -0.3 is 15.8 Å². The average Bonchev–Trinajstić information content (AvgIpc) is 2.93. The summed E-state index contributed by atoms with van der Waals surface area (Å²) in [5.41, 5.74) is 8.30. The molecule has 2 heterocycles. The Balaban J connectivity index is 1.84. The van der Waals surface area contributed by atoms with E-state index in [4.69, 9.17) is 5.73 Å². The summed E-state index contributed by atoms with van der Waals surface area (Å²) in [6.45, 7) is 3.61. The molecular formula is C17H16F2N4O2S. The van der Waals surface area contributed by atoms with E-state index in [9.17, 15) is 13.6 Å². The molecule has 3 aromatic rings. The third-order valence-corrected chi connectivity index (χ3v) is 5.15. The van der Waals surface area contributed by atoms with Gasteiger partial charge in [-0.15, -0.1) is 16.4 Å². The second-order valence-electron chi connectivity index (χ2n) is 5.71. The number of nitrogen functional groups attached to an aromatic ring is 1. The van der Waals surface area contributed by atoms with Crippen LogP contribution in [0.1, 0.15) is 26.5 Å². The van der Waals surface area contributed by atoms with Crippen molar-refractivity contribution in [1.82, 2.24) is 15.5 Å². The van der Waals surface area contributed by atoms with Gasteiger partial charge in [0, 0.05) is 11.9 Å². The number of anilines is 1. The van der Waals surface area contributed by atoms with Crippen LogP contribution >= 0.6 is 11.3 Å². The van der Waals surface area contributed by atoms with Gasteiger partial charge in [-0.25, -0.2) is 8.78 Å². The monoisotopic (exact) mass is 378 g/mol. The molecule has 0 saturated carbocycles. The number of thiophene rings is 1. The first-order chi connectivity index (χ1) is 12.3. The van der Waals surface area contributed by atoms with Gasteiger partial charge in [-0.3, -0.25) is 4.79 Å². The predicted octanol–water partition coefficient (Wildman–Crippen LogP) is 3.11. The number of carbonyl (C=O) groups is 1. The molecule has 0 aliphatic heterocycles. The lowest BCUT2D eigenvalue weighted by atomic mass is 10.1. The van der Waals surface area contributed by atoms with Crippen LogP contribution < -0.4 is 15.8 Å². The molecule has 26 heavy (non-hydrogen) atoms. The number of nitrogens with zero attached hydrogens (tertiary/aromatic N) is 2. The van der Waals surface area contributed by atoms with Crippen molar-refractivity contribution >= 4 is 33.1 Å². The number of nitrogens with two attached hydrogens (primary N) is 1. The topological polar surface area (TPSA) is 90.1 Å². The Kier molecular flexibility index (Phi) is 4.73. The zero-order valence-corrected chi connectivity index (χ0v) is 15.1. The Morgan fingerprint density at radius 1 is 1.27 bits per heavy atom. The molecule has 0 radical (unpaired) electrons. The lowest BCUT2D eigenvalue weighted by molar-refractivity contribution is 0.0955. The molecule has 0 bridgehead atoms. The van der Waals surface area contributed by atoms with Crippen LogP contribution in [-0.4, -0.2) is 23.2 Å². The number of methoxy groups -OCH3 is 1. The minimum absolute atomic E-state index is 0.0615. The first-order valence-corrected chi connectivity index (χ1v) is 8.47. The maximum atomic E-state index is 13.7. The predicted molar refractivity (Wildman–Crippen MR) is 95.4 cm³/mol. The zero-order chi connectivity index (χ0) is 19.0. The van der Waals surface area contributed by atoms with Gasteiger partial charge in [0.05, 0.1) is 18.5 Å². The molecule has 3 rings (SSSR count). The maximum Gasteiger partial charge on any atom is 0.263 e. The Morgan fingerprint density at radius 2 is 1.92 bits per heavy atom. The summed E-state index contributed by atoms with van der Waals surface area (Å²) in [5.74, 6) is -2.57. The van der Waals surface area contributed by atoms with Crippen LogP contribution in [0.3, 0.4) is 0 Å². The number of aromatic nitrogens is 2. The largest absolute Gasteiger partial charge is 0.491 e. The van der Waals surface area contributed by atoms with Gasteiger partial charge >= 0.3 is 0 Å². The van der Waals surface area contributed by atoms with Crippen LogP contribution in [0.4, 0.5) is 14.5 Å². The molecule has 6 nitrogen and oxygen atoms in total. The minimum atomic E-state index is -0.834. The summed E-state index contributed by atoms with van der Waals surface area (Å²) in [6.07, 6.45) is 0. The molecule has 9 heteroatoms. The number of carbonyl (C=O) groups excluding carboxylic acids is 1. The fraction of sp³-hybridized carbons (Fsp3) is 0.235. The molecule has 1 aromatic carbocycles. The van der Waals surface area contributed by atoms with Crippen molar-refractivity contribution in [3.63, 3.8) is 0 Å². The van der Waals surface area contributed by atoms with Crippen LogP contribution in [0.5, 0.6) is 5.75 Å². The fourth-order valence-corrected chi connectivity index (χ4v) is 3.60.